The first-order chi connectivity index (χ1) is 11.6. The molecule has 1 amide bonds. The van der Waals surface area contributed by atoms with Crippen molar-refractivity contribution in [2.75, 3.05) is 5.32 Å². The average molecular weight is 342 g/mol. The van der Waals surface area contributed by atoms with Crippen molar-refractivity contribution in [3.05, 3.63) is 66.4 Å². The molecule has 24 heavy (non-hydrogen) atoms. The maximum Gasteiger partial charge on any atom is 0.242 e. The van der Waals surface area contributed by atoms with Crippen LogP contribution >= 0.6 is 11.3 Å². The molecule has 0 saturated carbocycles. The molecule has 122 valence electrons. The Morgan fingerprint density at radius 1 is 1.21 bits per heavy atom. The number of nitrogens with zero attached hydrogens (tertiary/aromatic N) is 2. The molecular formula is C17H15FN4OS. The second-order valence-electron chi connectivity index (χ2n) is 5.19. The van der Waals surface area contributed by atoms with Crippen LogP contribution in [0.2, 0.25) is 0 Å². The number of nitrogens with one attached hydrogen (secondary N) is 1. The number of benzene rings is 1. The number of rotatable bonds is 5. The summed E-state index contributed by atoms with van der Waals surface area (Å²) in [6.07, 6.45) is 5.31. The summed E-state index contributed by atoms with van der Waals surface area (Å²) in [6, 6.07) is 8.93. The molecule has 2 aromatic heterocycles. The predicted octanol–water partition coefficient (Wildman–Crippen LogP) is 2.85. The van der Waals surface area contributed by atoms with Gasteiger partial charge in [-0.15, -0.1) is 0 Å². The molecule has 1 atom stereocenters. The Morgan fingerprint density at radius 3 is 2.62 bits per heavy atom. The van der Waals surface area contributed by atoms with Crippen LogP contribution in [-0.4, -0.2) is 21.9 Å². The fraction of sp³-hybridized carbons (Fsp3) is 0.118. The van der Waals surface area contributed by atoms with Crippen LogP contribution in [0.15, 0.2) is 55.0 Å². The van der Waals surface area contributed by atoms with Crippen LogP contribution in [0.4, 0.5) is 9.39 Å². The number of amides is 1. The summed E-state index contributed by atoms with van der Waals surface area (Å²) >= 11 is 1.36. The highest BCUT2D eigenvalue weighted by atomic mass is 32.1. The van der Waals surface area contributed by atoms with Gasteiger partial charge < -0.3 is 11.1 Å². The molecule has 3 aromatic rings. The first-order valence-electron chi connectivity index (χ1n) is 7.29. The monoisotopic (exact) mass is 342 g/mol. The van der Waals surface area contributed by atoms with E-state index in [0.29, 0.717) is 11.4 Å². The third-order valence-electron chi connectivity index (χ3n) is 3.39. The predicted molar refractivity (Wildman–Crippen MR) is 92.1 cm³/mol. The van der Waals surface area contributed by atoms with Crippen molar-refractivity contribution >= 4 is 22.2 Å². The molecule has 0 aliphatic carbocycles. The molecule has 2 heterocycles. The quantitative estimate of drug-likeness (QED) is 0.747. The Labute approximate surface area is 142 Å². The van der Waals surface area contributed by atoms with Gasteiger partial charge in [-0.05, 0) is 36.2 Å². The summed E-state index contributed by atoms with van der Waals surface area (Å²) in [7, 11) is 0. The maximum atomic E-state index is 12.9. The minimum Gasteiger partial charge on any atom is -0.320 e. The summed E-state index contributed by atoms with van der Waals surface area (Å²) in [5.41, 5.74) is 7.67. The number of halogens is 1. The van der Waals surface area contributed by atoms with Gasteiger partial charge in [-0.25, -0.2) is 9.37 Å². The van der Waals surface area contributed by atoms with E-state index in [1.54, 1.807) is 30.7 Å². The van der Waals surface area contributed by atoms with E-state index in [0.717, 1.165) is 16.1 Å². The number of thiazole rings is 1. The largest absolute Gasteiger partial charge is 0.320 e. The van der Waals surface area contributed by atoms with Crippen LogP contribution in [-0.2, 0) is 11.2 Å². The normalized spacial score (nSPS) is 11.9. The number of carbonyl (C=O) groups is 1. The lowest BCUT2D eigenvalue weighted by molar-refractivity contribution is -0.117. The highest BCUT2D eigenvalue weighted by Gasteiger charge is 2.16. The van der Waals surface area contributed by atoms with Gasteiger partial charge in [0.15, 0.2) is 0 Å². The van der Waals surface area contributed by atoms with E-state index >= 15 is 0 Å². The van der Waals surface area contributed by atoms with Crippen LogP contribution in [0.5, 0.6) is 0 Å². The molecular weight excluding hydrogens is 327 g/mol. The molecule has 1 aromatic carbocycles. The first-order valence-corrected chi connectivity index (χ1v) is 8.10. The average Bonchev–Trinajstić information content (AvgIpc) is 3.06. The SMILES string of the molecule is NC(Cc1ccc(F)cc1)C(=O)Nc1cnc(-c2ccncc2)s1. The van der Waals surface area contributed by atoms with Crippen LogP contribution in [0, 0.1) is 5.82 Å². The second-order valence-corrected chi connectivity index (χ2v) is 6.22. The van der Waals surface area contributed by atoms with E-state index in [9.17, 15) is 9.18 Å². The third-order valence-corrected chi connectivity index (χ3v) is 4.35. The summed E-state index contributed by atoms with van der Waals surface area (Å²) in [6.45, 7) is 0. The topological polar surface area (TPSA) is 80.9 Å². The van der Waals surface area contributed by atoms with Gasteiger partial charge in [0.05, 0.1) is 12.2 Å². The smallest absolute Gasteiger partial charge is 0.242 e. The van der Waals surface area contributed by atoms with Gasteiger partial charge in [-0.2, -0.15) is 0 Å². The van der Waals surface area contributed by atoms with E-state index in [2.05, 4.69) is 15.3 Å². The van der Waals surface area contributed by atoms with Crippen molar-refractivity contribution in [1.29, 1.82) is 0 Å². The molecule has 0 saturated heterocycles. The Bertz CT molecular complexity index is 820. The lowest BCUT2D eigenvalue weighted by Gasteiger charge is -2.11. The molecule has 0 radical (unpaired) electrons. The van der Waals surface area contributed by atoms with Crippen LogP contribution in [0.25, 0.3) is 10.6 Å². The fourth-order valence-corrected chi connectivity index (χ4v) is 2.97. The number of hydrogen-bond donors (Lipinski definition) is 2. The summed E-state index contributed by atoms with van der Waals surface area (Å²) in [5, 5.41) is 4.18. The van der Waals surface area contributed by atoms with E-state index in [1.807, 2.05) is 12.1 Å². The van der Waals surface area contributed by atoms with E-state index < -0.39 is 6.04 Å². The molecule has 3 rings (SSSR count). The van der Waals surface area contributed by atoms with Crippen LogP contribution in [0.1, 0.15) is 5.56 Å². The zero-order valence-corrected chi connectivity index (χ0v) is 13.5. The van der Waals surface area contributed by atoms with E-state index in [1.165, 1.54) is 23.5 Å². The molecule has 0 spiro atoms. The fourth-order valence-electron chi connectivity index (χ4n) is 2.14. The minimum atomic E-state index is -0.720. The van der Waals surface area contributed by atoms with Gasteiger partial charge in [-0.3, -0.25) is 9.78 Å². The molecule has 5 nitrogen and oxygen atoms in total. The summed E-state index contributed by atoms with van der Waals surface area (Å²) in [5.74, 6) is -0.616. The van der Waals surface area contributed by atoms with E-state index in [4.69, 9.17) is 5.73 Å². The molecule has 1 unspecified atom stereocenters. The van der Waals surface area contributed by atoms with Gasteiger partial charge in [-0.1, -0.05) is 23.5 Å². The van der Waals surface area contributed by atoms with Gasteiger partial charge in [0.2, 0.25) is 5.91 Å². The van der Waals surface area contributed by atoms with Crippen molar-refractivity contribution in [2.45, 2.75) is 12.5 Å². The molecule has 0 bridgehead atoms. The Balaban J connectivity index is 1.62. The number of nitrogens with two attached hydrogens (primary N) is 1. The molecule has 0 aliphatic heterocycles. The van der Waals surface area contributed by atoms with Gasteiger partial charge in [0.1, 0.15) is 15.8 Å². The second kappa shape index (κ2) is 7.29. The lowest BCUT2D eigenvalue weighted by atomic mass is 10.1. The van der Waals surface area contributed by atoms with Crippen LogP contribution in [0.3, 0.4) is 0 Å². The Morgan fingerprint density at radius 2 is 1.92 bits per heavy atom. The van der Waals surface area contributed by atoms with Gasteiger partial charge in [0.25, 0.3) is 0 Å². The standard InChI is InChI=1S/C17H15FN4OS/c18-13-3-1-11(2-4-13)9-14(19)16(23)22-15-10-21-17(24-15)12-5-7-20-8-6-12/h1-8,10,14H,9,19H2,(H,22,23). The highest BCUT2D eigenvalue weighted by Crippen LogP contribution is 2.27. The van der Waals surface area contributed by atoms with E-state index in [-0.39, 0.29) is 11.7 Å². The van der Waals surface area contributed by atoms with Gasteiger partial charge >= 0.3 is 0 Å². The maximum absolute atomic E-state index is 12.9. The third kappa shape index (κ3) is 4.01. The first kappa shape index (κ1) is 16.2. The number of pyridine rings is 1. The lowest BCUT2D eigenvalue weighted by Crippen LogP contribution is -2.37. The number of carbonyl (C=O) groups excluding carboxylic acids is 1. The molecule has 7 heteroatoms. The molecule has 0 aliphatic rings. The number of hydrogen-bond acceptors (Lipinski definition) is 5. The number of anilines is 1. The van der Waals surface area contributed by atoms with Crippen molar-refractivity contribution in [3.63, 3.8) is 0 Å². The van der Waals surface area contributed by atoms with Crippen molar-refractivity contribution < 1.29 is 9.18 Å². The van der Waals surface area contributed by atoms with Gasteiger partial charge in [0, 0.05) is 18.0 Å². The highest BCUT2D eigenvalue weighted by molar-refractivity contribution is 7.19. The van der Waals surface area contributed by atoms with Crippen molar-refractivity contribution in [1.82, 2.24) is 9.97 Å². The Hall–Kier alpha value is -2.64. The van der Waals surface area contributed by atoms with Crippen molar-refractivity contribution in [2.24, 2.45) is 5.73 Å². The summed E-state index contributed by atoms with van der Waals surface area (Å²) in [4.78, 5) is 20.4. The van der Waals surface area contributed by atoms with Crippen molar-refractivity contribution in [3.8, 4) is 10.6 Å². The molecule has 0 fully saturated rings. The summed E-state index contributed by atoms with van der Waals surface area (Å²) < 4.78 is 12.9. The molecule has 3 N–H and O–H groups in total. The zero-order valence-electron chi connectivity index (χ0n) is 12.6. The van der Waals surface area contributed by atoms with Crippen LogP contribution < -0.4 is 11.1 Å². The minimum absolute atomic E-state index is 0.302. The Kier molecular flexibility index (Phi) is 4.93. The number of aromatic nitrogens is 2. The zero-order chi connectivity index (χ0) is 16.9.